The minimum Gasteiger partial charge on any atom is -0.507 e. The lowest BCUT2D eigenvalue weighted by atomic mass is 10.0. The van der Waals surface area contributed by atoms with Crippen molar-refractivity contribution in [2.75, 3.05) is 96.8 Å². The summed E-state index contributed by atoms with van der Waals surface area (Å²) >= 11 is 0. The van der Waals surface area contributed by atoms with Crippen LogP contribution in [0, 0.1) is 5.82 Å². The summed E-state index contributed by atoms with van der Waals surface area (Å²) in [4.78, 5) is 34.9. The second kappa shape index (κ2) is 23.1. The molecule has 0 unspecified atom stereocenters. The first-order valence-electron chi connectivity index (χ1n) is 19.7. The summed E-state index contributed by atoms with van der Waals surface area (Å²) in [5, 5.41) is 21.7. The molecule has 1 aromatic heterocycles. The Labute approximate surface area is 353 Å². The van der Waals surface area contributed by atoms with E-state index in [9.17, 15) is 32.3 Å². The van der Waals surface area contributed by atoms with Crippen LogP contribution in [0.1, 0.15) is 45.8 Å². The fourth-order valence-electron chi connectivity index (χ4n) is 6.18. The number of fused-ring (bicyclic) bond motifs is 1. The summed E-state index contributed by atoms with van der Waals surface area (Å²) in [6, 6.07) is 15.6. The number of hydrogen-bond acceptors (Lipinski definition) is 13. The van der Waals surface area contributed by atoms with Crippen molar-refractivity contribution in [3.8, 4) is 11.3 Å². The van der Waals surface area contributed by atoms with Gasteiger partial charge in [0.25, 0.3) is 11.7 Å². The van der Waals surface area contributed by atoms with Gasteiger partial charge in [0.2, 0.25) is 10.0 Å². The van der Waals surface area contributed by atoms with E-state index in [2.05, 4.69) is 5.32 Å². The Morgan fingerprint density at radius 2 is 1.34 bits per heavy atom. The van der Waals surface area contributed by atoms with E-state index in [0.717, 1.165) is 30.2 Å². The Morgan fingerprint density at radius 1 is 0.803 bits per heavy atom. The zero-order valence-electron chi connectivity index (χ0n) is 34.1. The molecule has 0 radical (unpaired) electrons. The number of benzene rings is 3. The second-order valence-corrected chi connectivity index (χ2v) is 15.8. The van der Waals surface area contributed by atoms with Crippen molar-refractivity contribution in [2.24, 2.45) is 0 Å². The standard InChI is InChI=1S/C43H51FN2O14S/c1-45-42(49)40-35-25-34(30-7-8-30)36(26-39(35)60-41(40)32-9-11-33(44)12-10-32)46(61(2,52)53)13-14-54-15-16-55-17-18-56-19-20-57-21-22-58-23-24-59-28-29-3-5-31(6-4-29)37(47)27-38(48)43(50)51/h3-6,9-12,25-27,30,47H,7-8,13-24,28H2,1-2H3,(H,45,49)(H,50,51). The molecule has 3 aromatic carbocycles. The lowest BCUT2D eigenvalue weighted by molar-refractivity contribution is -0.146. The first-order valence-corrected chi connectivity index (χ1v) is 21.5. The maximum absolute atomic E-state index is 13.7. The minimum absolute atomic E-state index is 0.0490. The molecule has 0 spiro atoms. The number of aliphatic hydroxyl groups is 1. The van der Waals surface area contributed by atoms with E-state index in [4.69, 9.17) is 37.9 Å². The molecule has 5 rings (SSSR count). The predicted molar refractivity (Wildman–Crippen MR) is 223 cm³/mol. The molecule has 330 valence electrons. The molecule has 1 aliphatic rings. The van der Waals surface area contributed by atoms with Gasteiger partial charge in [-0.25, -0.2) is 17.6 Å². The van der Waals surface area contributed by atoms with Gasteiger partial charge in [-0.2, -0.15) is 0 Å². The second-order valence-electron chi connectivity index (χ2n) is 13.9. The summed E-state index contributed by atoms with van der Waals surface area (Å²) in [6.45, 7) is 3.91. The van der Waals surface area contributed by atoms with E-state index in [-0.39, 0.29) is 44.0 Å². The van der Waals surface area contributed by atoms with Crippen LogP contribution in [0.15, 0.2) is 71.2 Å². The van der Waals surface area contributed by atoms with Crippen molar-refractivity contribution < 1.29 is 70.2 Å². The van der Waals surface area contributed by atoms with E-state index in [1.807, 2.05) is 6.07 Å². The van der Waals surface area contributed by atoms with Crippen molar-refractivity contribution in [1.29, 1.82) is 0 Å². The molecule has 1 heterocycles. The number of ketones is 1. The Balaban J connectivity index is 0.932. The normalized spacial score (nSPS) is 13.1. The highest BCUT2D eigenvalue weighted by atomic mass is 32.2. The average molecular weight is 871 g/mol. The number of hydrogen-bond donors (Lipinski definition) is 3. The van der Waals surface area contributed by atoms with Gasteiger partial charge in [-0.3, -0.25) is 13.9 Å². The molecule has 61 heavy (non-hydrogen) atoms. The van der Waals surface area contributed by atoms with Crippen LogP contribution in [0.3, 0.4) is 0 Å². The minimum atomic E-state index is -3.74. The van der Waals surface area contributed by atoms with Crippen LogP contribution in [-0.2, 0) is 54.6 Å². The molecule has 1 saturated carbocycles. The number of carboxylic acid groups (broad SMARTS) is 1. The van der Waals surface area contributed by atoms with Crippen molar-refractivity contribution in [3.63, 3.8) is 0 Å². The van der Waals surface area contributed by atoms with Crippen LogP contribution in [0.2, 0.25) is 0 Å². The number of carbonyl (C=O) groups is 3. The van der Waals surface area contributed by atoms with E-state index in [0.29, 0.717) is 98.9 Å². The summed E-state index contributed by atoms with van der Waals surface area (Å²) in [5.41, 5.74) is 3.54. The highest BCUT2D eigenvalue weighted by Gasteiger charge is 2.33. The van der Waals surface area contributed by atoms with Gasteiger partial charge >= 0.3 is 5.97 Å². The molecule has 4 aromatic rings. The van der Waals surface area contributed by atoms with Crippen molar-refractivity contribution in [2.45, 2.75) is 25.4 Å². The highest BCUT2D eigenvalue weighted by molar-refractivity contribution is 7.92. The van der Waals surface area contributed by atoms with E-state index >= 15 is 0 Å². The van der Waals surface area contributed by atoms with E-state index in [1.54, 1.807) is 30.3 Å². The van der Waals surface area contributed by atoms with E-state index < -0.39 is 33.4 Å². The van der Waals surface area contributed by atoms with Gasteiger partial charge in [-0.05, 0) is 60.2 Å². The zero-order valence-corrected chi connectivity index (χ0v) is 34.9. The topological polar surface area (TPSA) is 210 Å². The lowest BCUT2D eigenvalue weighted by Crippen LogP contribution is -2.34. The largest absolute Gasteiger partial charge is 0.507 e. The number of carboxylic acids is 1. The smallest absolute Gasteiger partial charge is 0.376 e. The molecule has 1 amide bonds. The molecule has 18 heteroatoms. The third kappa shape index (κ3) is 14.2. The molecule has 0 bridgehead atoms. The van der Waals surface area contributed by atoms with Crippen molar-refractivity contribution in [3.05, 3.63) is 94.8 Å². The summed E-state index contributed by atoms with van der Waals surface area (Å²) < 4.78 is 80.8. The molecular weight excluding hydrogens is 820 g/mol. The molecule has 0 aliphatic heterocycles. The number of halogens is 1. The molecule has 16 nitrogen and oxygen atoms in total. The number of nitrogens with one attached hydrogen (secondary N) is 1. The Hall–Kier alpha value is -5.21. The van der Waals surface area contributed by atoms with Crippen LogP contribution in [0.4, 0.5) is 10.1 Å². The van der Waals surface area contributed by atoms with Gasteiger partial charge in [0.05, 0.1) is 103 Å². The van der Waals surface area contributed by atoms with Gasteiger partial charge in [0.1, 0.15) is 22.9 Å². The number of anilines is 1. The van der Waals surface area contributed by atoms with Gasteiger partial charge in [0, 0.05) is 35.7 Å². The van der Waals surface area contributed by atoms with Gasteiger partial charge in [-0.15, -0.1) is 0 Å². The molecule has 1 aliphatic carbocycles. The first kappa shape index (κ1) is 46.8. The lowest BCUT2D eigenvalue weighted by Gasteiger charge is -2.25. The maximum Gasteiger partial charge on any atom is 0.376 e. The van der Waals surface area contributed by atoms with Crippen LogP contribution in [0.25, 0.3) is 28.1 Å². The molecule has 0 atom stereocenters. The van der Waals surface area contributed by atoms with Gasteiger partial charge < -0.3 is 48.4 Å². The number of sulfonamides is 1. The highest BCUT2D eigenvalue weighted by Crippen LogP contribution is 2.48. The Kier molecular flexibility index (Phi) is 17.8. The van der Waals surface area contributed by atoms with Crippen LogP contribution < -0.4 is 9.62 Å². The van der Waals surface area contributed by atoms with Gasteiger partial charge in [-0.1, -0.05) is 24.3 Å². The number of furan rings is 1. The number of amides is 1. The van der Waals surface area contributed by atoms with Crippen LogP contribution in [-0.4, -0.2) is 129 Å². The SMILES string of the molecule is CNC(=O)c1c(-c2ccc(F)cc2)oc2cc(N(CCOCCOCCOCCOCCOCCOCc3ccc(C(O)=CC(=O)C(=O)O)cc3)S(C)(=O)=O)c(C3CC3)cc12. The molecule has 3 N–H and O–H groups in total. The van der Waals surface area contributed by atoms with Crippen molar-refractivity contribution in [1.82, 2.24) is 5.32 Å². The number of aliphatic hydroxyl groups excluding tert-OH is 1. The Bertz CT molecular complexity index is 2220. The number of carbonyl (C=O) groups excluding carboxylic acids is 2. The molecule has 1 fully saturated rings. The summed E-state index contributed by atoms with van der Waals surface area (Å²) in [5.74, 6) is -3.70. The monoisotopic (exact) mass is 870 g/mol. The molecule has 0 saturated heterocycles. The number of aliphatic carboxylic acids is 1. The first-order chi connectivity index (χ1) is 29.4. The van der Waals surface area contributed by atoms with Gasteiger partial charge in [0.15, 0.2) is 0 Å². The van der Waals surface area contributed by atoms with E-state index in [1.165, 1.54) is 35.6 Å². The number of rotatable bonds is 28. The predicted octanol–water partition coefficient (Wildman–Crippen LogP) is 5.09. The van der Waals surface area contributed by atoms with Crippen LogP contribution in [0.5, 0.6) is 0 Å². The fraction of sp³-hybridized carbons (Fsp3) is 0.419. The Morgan fingerprint density at radius 3 is 1.85 bits per heavy atom. The number of nitrogens with zero attached hydrogens (tertiary/aromatic N) is 1. The maximum atomic E-state index is 13.7. The zero-order chi connectivity index (χ0) is 43.8. The average Bonchev–Trinajstić information content (AvgIpc) is 4.02. The molecular formula is C43H51FN2O14S. The summed E-state index contributed by atoms with van der Waals surface area (Å²) in [7, 11) is -2.22. The third-order valence-electron chi connectivity index (χ3n) is 9.38. The number of ether oxygens (including phenoxy) is 6. The van der Waals surface area contributed by atoms with Crippen molar-refractivity contribution >= 4 is 50.1 Å². The quantitative estimate of drug-likeness (QED) is 0.0294. The van der Waals surface area contributed by atoms with Crippen LogP contribution >= 0.6 is 0 Å². The third-order valence-corrected chi connectivity index (χ3v) is 10.6. The fourth-order valence-corrected chi connectivity index (χ4v) is 7.11. The summed E-state index contributed by atoms with van der Waals surface area (Å²) in [6.07, 6.45) is 3.56.